The summed E-state index contributed by atoms with van der Waals surface area (Å²) in [4.78, 5) is 0. The maximum atomic E-state index is 6.19. The topological polar surface area (TPSA) is 21.3 Å². The molecule has 2 rings (SSSR count). The molecule has 1 fully saturated rings. The summed E-state index contributed by atoms with van der Waals surface area (Å²) in [5.41, 5.74) is 2.31. The fourth-order valence-corrected chi connectivity index (χ4v) is 2.64. The van der Waals surface area contributed by atoms with Gasteiger partial charge < -0.3 is 10.1 Å². The van der Waals surface area contributed by atoms with Crippen molar-refractivity contribution in [1.82, 2.24) is 5.32 Å². The highest BCUT2D eigenvalue weighted by molar-refractivity contribution is 6.31. The van der Waals surface area contributed by atoms with Crippen LogP contribution in [0.25, 0.3) is 0 Å². The van der Waals surface area contributed by atoms with Crippen LogP contribution in [0.3, 0.4) is 0 Å². The summed E-state index contributed by atoms with van der Waals surface area (Å²) in [6.07, 6.45) is 3.62. The molecule has 0 spiro atoms. The summed E-state index contributed by atoms with van der Waals surface area (Å²) in [5.74, 6) is 1.67. The first-order chi connectivity index (χ1) is 8.20. The third kappa shape index (κ3) is 3.14. The maximum absolute atomic E-state index is 6.19. The van der Waals surface area contributed by atoms with Crippen LogP contribution in [-0.4, -0.2) is 20.2 Å². The second kappa shape index (κ2) is 5.74. The molecule has 0 amide bonds. The number of benzene rings is 1. The minimum Gasteiger partial charge on any atom is -0.496 e. The van der Waals surface area contributed by atoms with Crippen molar-refractivity contribution in [3.05, 3.63) is 28.3 Å². The van der Waals surface area contributed by atoms with Gasteiger partial charge in [0, 0.05) is 5.02 Å². The minimum atomic E-state index is 0.705. The van der Waals surface area contributed by atoms with Gasteiger partial charge in [0.25, 0.3) is 0 Å². The summed E-state index contributed by atoms with van der Waals surface area (Å²) in [6, 6.07) is 4.10. The van der Waals surface area contributed by atoms with Crippen molar-refractivity contribution < 1.29 is 4.74 Å². The van der Waals surface area contributed by atoms with E-state index in [0.717, 1.165) is 35.8 Å². The average molecular weight is 254 g/mol. The van der Waals surface area contributed by atoms with Crippen LogP contribution in [0.15, 0.2) is 12.1 Å². The third-order valence-electron chi connectivity index (χ3n) is 3.47. The Morgan fingerprint density at radius 2 is 2.29 bits per heavy atom. The Labute approximate surface area is 108 Å². The van der Waals surface area contributed by atoms with Crippen LogP contribution >= 0.6 is 11.6 Å². The van der Waals surface area contributed by atoms with E-state index in [2.05, 4.69) is 11.4 Å². The Bertz CT molecular complexity index is 386. The van der Waals surface area contributed by atoms with E-state index in [1.54, 1.807) is 7.11 Å². The number of piperidine rings is 1. The molecule has 1 aliphatic rings. The summed E-state index contributed by atoms with van der Waals surface area (Å²) in [7, 11) is 1.73. The van der Waals surface area contributed by atoms with Crippen molar-refractivity contribution in [3.63, 3.8) is 0 Å². The van der Waals surface area contributed by atoms with Crippen LogP contribution in [-0.2, 0) is 6.42 Å². The molecule has 1 saturated heterocycles. The molecule has 1 N–H and O–H groups in total. The van der Waals surface area contributed by atoms with Crippen molar-refractivity contribution in [2.45, 2.75) is 26.2 Å². The van der Waals surface area contributed by atoms with Gasteiger partial charge in [-0.2, -0.15) is 0 Å². The molecule has 2 nitrogen and oxygen atoms in total. The number of methoxy groups -OCH3 is 1. The van der Waals surface area contributed by atoms with Gasteiger partial charge in [0.05, 0.1) is 7.11 Å². The van der Waals surface area contributed by atoms with E-state index in [-0.39, 0.29) is 0 Å². The van der Waals surface area contributed by atoms with Gasteiger partial charge in [-0.3, -0.25) is 0 Å². The minimum absolute atomic E-state index is 0.705. The number of hydrogen-bond donors (Lipinski definition) is 1. The first kappa shape index (κ1) is 12.7. The van der Waals surface area contributed by atoms with Gasteiger partial charge in [0.2, 0.25) is 0 Å². The highest BCUT2D eigenvalue weighted by Crippen LogP contribution is 2.29. The lowest BCUT2D eigenvalue weighted by molar-refractivity contribution is 0.364. The lowest BCUT2D eigenvalue weighted by Crippen LogP contribution is -2.30. The standard InChI is InChI=1S/C14H20ClNO/c1-10-6-14(17-2)12(8-13(10)15)7-11-4-3-5-16-9-11/h6,8,11,16H,3-5,7,9H2,1-2H3. The molecular weight excluding hydrogens is 234 g/mol. The van der Waals surface area contributed by atoms with E-state index < -0.39 is 0 Å². The lowest BCUT2D eigenvalue weighted by Gasteiger charge is -2.23. The zero-order valence-electron chi connectivity index (χ0n) is 10.6. The molecule has 1 aromatic carbocycles. The molecule has 0 aliphatic carbocycles. The maximum Gasteiger partial charge on any atom is 0.122 e. The summed E-state index contributed by atoms with van der Waals surface area (Å²) in [5, 5.41) is 4.28. The quantitative estimate of drug-likeness (QED) is 0.893. The van der Waals surface area contributed by atoms with Crippen molar-refractivity contribution in [1.29, 1.82) is 0 Å². The van der Waals surface area contributed by atoms with Gasteiger partial charge in [-0.05, 0) is 68.5 Å². The van der Waals surface area contributed by atoms with Gasteiger partial charge in [-0.25, -0.2) is 0 Å². The smallest absolute Gasteiger partial charge is 0.122 e. The first-order valence-corrected chi connectivity index (χ1v) is 6.62. The Morgan fingerprint density at radius 3 is 2.94 bits per heavy atom. The van der Waals surface area contributed by atoms with Gasteiger partial charge in [0.1, 0.15) is 5.75 Å². The van der Waals surface area contributed by atoms with Gasteiger partial charge >= 0.3 is 0 Å². The van der Waals surface area contributed by atoms with E-state index in [0.29, 0.717) is 5.92 Å². The number of halogens is 1. The van der Waals surface area contributed by atoms with Crippen LogP contribution in [0.4, 0.5) is 0 Å². The number of hydrogen-bond acceptors (Lipinski definition) is 2. The largest absolute Gasteiger partial charge is 0.496 e. The monoisotopic (exact) mass is 253 g/mol. The molecule has 94 valence electrons. The van der Waals surface area contributed by atoms with Crippen LogP contribution in [0, 0.1) is 12.8 Å². The molecule has 1 aromatic rings. The van der Waals surface area contributed by atoms with Crippen molar-refractivity contribution >= 4 is 11.6 Å². The zero-order chi connectivity index (χ0) is 12.3. The Morgan fingerprint density at radius 1 is 1.47 bits per heavy atom. The van der Waals surface area contributed by atoms with Crippen molar-refractivity contribution in [3.8, 4) is 5.75 Å². The van der Waals surface area contributed by atoms with E-state index >= 15 is 0 Å². The number of aryl methyl sites for hydroxylation is 1. The van der Waals surface area contributed by atoms with Gasteiger partial charge in [-0.1, -0.05) is 11.6 Å². The summed E-state index contributed by atoms with van der Waals surface area (Å²) in [6.45, 7) is 4.27. The lowest BCUT2D eigenvalue weighted by atomic mass is 9.91. The molecular formula is C14H20ClNO. The predicted molar refractivity (Wildman–Crippen MR) is 72.0 cm³/mol. The molecule has 0 bridgehead atoms. The molecule has 1 aliphatic heterocycles. The second-order valence-electron chi connectivity index (χ2n) is 4.83. The van der Waals surface area contributed by atoms with Crippen LogP contribution in [0.5, 0.6) is 5.75 Å². The van der Waals surface area contributed by atoms with E-state index in [1.165, 1.54) is 18.4 Å². The fourth-order valence-electron chi connectivity index (χ4n) is 2.45. The summed E-state index contributed by atoms with van der Waals surface area (Å²) < 4.78 is 5.44. The van der Waals surface area contributed by atoms with E-state index in [4.69, 9.17) is 16.3 Å². The van der Waals surface area contributed by atoms with Crippen LogP contribution < -0.4 is 10.1 Å². The van der Waals surface area contributed by atoms with Crippen LogP contribution in [0.2, 0.25) is 5.02 Å². The van der Waals surface area contributed by atoms with Gasteiger partial charge in [0.15, 0.2) is 0 Å². The Hall–Kier alpha value is -0.730. The SMILES string of the molecule is COc1cc(C)c(Cl)cc1CC1CCCNC1. The summed E-state index contributed by atoms with van der Waals surface area (Å²) >= 11 is 6.19. The third-order valence-corrected chi connectivity index (χ3v) is 3.88. The molecule has 1 heterocycles. The van der Waals surface area contributed by atoms with E-state index in [1.807, 2.05) is 13.0 Å². The highest BCUT2D eigenvalue weighted by atomic mass is 35.5. The number of ether oxygens (including phenoxy) is 1. The molecule has 0 saturated carbocycles. The Kier molecular flexibility index (Phi) is 4.30. The second-order valence-corrected chi connectivity index (χ2v) is 5.24. The predicted octanol–water partition coefficient (Wildman–Crippen LogP) is 3.20. The van der Waals surface area contributed by atoms with E-state index in [9.17, 15) is 0 Å². The van der Waals surface area contributed by atoms with Crippen LogP contribution in [0.1, 0.15) is 24.0 Å². The number of rotatable bonds is 3. The molecule has 17 heavy (non-hydrogen) atoms. The van der Waals surface area contributed by atoms with Gasteiger partial charge in [-0.15, -0.1) is 0 Å². The zero-order valence-corrected chi connectivity index (χ0v) is 11.3. The number of nitrogens with one attached hydrogen (secondary N) is 1. The normalized spacial score (nSPS) is 20.3. The first-order valence-electron chi connectivity index (χ1n) is 6.24. The molecule has 0 aromatic heterocycles. The van der Waals surface area contributed by atoms with Crippen molar-refractivity contribution in [2.24, 2.45) is 5.92 Å². The molecule has 0 radical (unpaired) electrons. The fraction of sp³-hybridized carbons (Fsp3) is 0.571. The Balaban J connectivity index is 2.15. The molecule has 1 unspecified atom stereocenters. The molecule has 3 heteroatoms. The average Bonchev–Trinajstić information content (AvgIpc) is 2.35. The molecule has 1 atom stereocenters. The van der Waals surface area contributed by atoms with Crippen molar-refractivity contribution in [2.75, 3.05) is 20.2 Å². The highest BCUT2D eigenvalue weighted by Gasteiger charge is 2.16.